The summed E-state index contributed by atoms with van der Waals surface area (Å²) in [7, 11) is 3.27. The van der Waals surface area contributed by atoms with Crippen LogP contribution in [-0.4, -0.2) is 57.1 Å². The standard InChI is InChI=1S/C20H22N6O2/c1-14(12-18(27)21-2)25(3)20(28)16-9-7-8-15(13-16)19-22-23-24-26(19)17-10-5-4-6-11-17/h4-11,13-14H,12H2,1-3H3,(H,21,27). The van der Waals surface area contributed by atoms with Crippen molar-refractivity contribution in [2.45, 2.75) is 19.4 Å². The summed E-state index contributed by atoms with van der Waals surface area (Å²) >= 11 is 0. The monoisotopic (exact) mass is 378 g/mol. The first-order chi connectivity index (χ1) is 13.5. The molecule has 8 nitrogen and oxygen atoms in total. The van der Waals surface area contributed by atoms with Gasteiger partial charge in [-0.15, -0.1) is 5.10 Å². The molecule has 1 aromatic heterocycles. The highest BCUT2D eigenvalue weighted by molar-refractivity contribution is 5.95. The van der Waals surface area contributed by atoms with Crippen LogP contribution in [0.5, 0.6) is 0 Å². The van der Waals surface area contributed by atoms with E-state index in [1.54, 1.807) is 41.9 Å². The van der Waals surface area contributed by atoms with Gasteiger partial charge in [0.1, 0.15) is 0 Å². The molecule has 1 N–H and O–H groups in total. The summed E-state index contributed by atoms with van der Waals surface area (Å²) in [4.78, 5) is 26.0. The van der Waals surface area contributed by atoms with Crippen LogP contribution in [0.15, 0.2) is 54.6 Å². The number of aromatic nitrogens is 4. The van der Waals surface area contributed by atoms with E-state index in [0.717, 1.165) is 11.3 Å². The smallest absolute Gasteiger partial charge is 0.253 e. The summed E-state index contributed by atoms with van der Waals surface area (Å²) in [6.45, 7) is 1.84. The van der Waals surface area contributed by atoms with Crippen molar-refractivity contribution in [3.05, 3.63) is 60.2 Å². The van der Waals surface area contributed by atoms with Crippen LogP contribution >= 0.6 is 0 Å². The Bertz CT molecular complexity index is 970. The Hall–Kier alpha value is -3.55. The van der Waals surface area contributed by atoms with Crippen molar-refractivity contribution in [1.82, 2.24) is 30.4 Å². The predicted octanol–water partition coefficient (Wildman–Crippen LogP) is 1.93. The molecule has 3 rings (SSSR count). The van der Waals surface area contributed by atoms with Crippen LogP contribution in [0.3, 0.4) is 0 Å². The van der Waals surface area contributed by atoms with E-state index in [1.807, 2.05) is 43.3 Å². The third-order valence-corrected chi connectivity index (χ3v) is 4.58. The molecule has 0 bridgehead atoms. The van der Waals surface area contributed by atoms with Gasteiger partial charge in [0.25, 0.3) is 5.91 Å². The van der Waals surface area contributed by atoms with E-state index in [0.29, 0.717) is 11.4 Å². The Kier molecular flexibility index (Phi) is 5.78. The van der Waals surface area contributed by atoms with Gasteiger partial charge in [0.05, 0.1) is 5.69 Å². The largest absolute Gasteiger partial charge is 0.359 e. The Labute approximate surface area is 163 Å². The lowest BCUT2D eigenvalue weighted by Crippen LogP contribution is -2.38. The summed E-state index contributed by atoms with van der Waals surface area (Å²) < 4.78 is 1.63. The molecule has 0 saturated heterocycles. The maximum absolute atomic E-state index is 12.9. The maximum atomic E-state index is 12.9. The molecule has 0 saturated carbocycles. The van der Waals surface area contributed by atoms with E-state index in [2.05, 4.69) is 20.8 Å². The molecular weight excluding hydrogens is 356 g/mol. The summed E-state index contributed by atoms with van der Waals surface area (Å²) in [5.74, 6) is 0.266. The lowest BCUT2D eigenvalue weighted by molar-refractivity contribution is -0.121. The molecule has 2 amide bonds. The Balaban J connectivity index is 1.87. The fraction of sp³-hybridized carbons (Fsp3) is 0.250. The zero-order chi connectivity index (χ0) is 20.1. The van der Waals surface area contributed by atoms with E-state index >= 15 is 0 Å². The van der Waals surface area contributed by atoms with Crippen LogP contribution in [0, 0.1) is 0 Å². The van der Waals surface area contributed by atoms with Gasteiger partial charge < -0.3 is 10.2 Å². The number of amides is 2. The first kappa shape index (κ1) is 19.2. The first-order valence-electron chi connectivity index (χ1n) is 8.93. The number of hydrogen-bond donors (Lipinski definition) is 1. The van der Waals surface area contributed by atoms with E-state index < -0.39 is 0 Å². The number of benzene rings is 2. The molecule has 1 atom stereocenters. The van der Waals surface area contributed by atoms with Gasteiger partial charge in [0.2, 0.25) is 5.91 Å². The number of tetrazole rings is 1. The second-order valence-electron chi connectivity index (χ2n) is 6.47. The summed E-state index contributed by atoms with van der Waals surface area (Å²) in [6.07, 6.45) is 0.241. The van der Waals surface area contributed by atoms with Gasteiger partial charge in [-0.1, -0.05) is 30.3 Å². The highest BCUT2D eigenvalue weighted by Gasteiger charge is 2.20. The third-order valence-electron chi connectivity index (χ3n) is 4.58. The van der Waals surface area contributed by atoms with Gasteiger partial charge in [0.15, 0.2) is 5.82 Å². The molecule has 2 aromatic carbocycles. The van der Waals surface area contributed by atoms with Crippen LogP contribution in [-0.2, 0) is 4.79 Å². The van der Waals surface area contributed by atoms with Gasteiger partial charge in [0, 0.05) is 37.7 Å². The van der Waals surface area contributed by atoms with Gasteiger partial charge in [-0.25, -0.2) is 0 Å². The average Bonchev–Trinajstić information content (AvgIpc) is 3.23. The highest BCUT2D eigenvalue weighted by Crippen LogP contribution is 2.21. The van der Waals surface area contributed by atoms with Crippen molar-refractivity contribution in [3.8, 4) is 17.1 Å². The number of nitrogens with one attached hydrogen (secondary N) is 1. The van der Waals surface area contributed by atoms with Crippen LogP contribution in [0.4, 0.5) is 0 Å². The average molecular weight is 378 g/mol. The Morgan fingerprint density at radius 3 is 2.61 bits per heavy atom. The lowest BCUT2D eigenvalue weighted by Gasteiger charge is -2.24. The number of nitrogens with zero attached hydrogens (tertiary/aromatic N) is 5. The highest BCUT2D eigenvalue weighted by atomic mass is 16.2. The summed E-state index contributed by atoms with van der Waals surface area (Å²) in [6, 6.07) is 16.5. The molecule has 144 valence electrons. The van der Waals surface area contributed by atoms with Crippen molar-refractivity contribution >= 4 is 11.8 Å². The maximum Gasteiger partial charge on any atom is 0.253 e. The van der Waals surface area contributed by atoms with Crippen molar-refractivity contribution in [2.24, 2.45) is 0 Å². The van der Waals surface area contributed by atoms with Crippen LogP contribution in [0.1, 0.15) is 23.7 Å². The molecule has 0 radical (unpaired) electrons. The molecule has 0 aliphatic heterocycles. The van der Waals surface area contributed by atoms with Gasteiger partial charge in [-0.05, 0) is 41.6 Å². The van der Waals surface area contributed by atoms with Crippen LogP contribution in [0.2, 0.25) is 0 Å². The topological polar surface area (TPSA) is 93.0 Å². The first-order valence-corrected chi connectivity index (χ1v) is 8.93. The van der Waals surface area contributed by atoms with Gasteiger partial charge in [-0.2, -0.15) is 4.68 Å². The molecule has 3 aromatic rings. The molecule has 8 heteroatoms. The molecule has 0 aliphatic rings. The zero-order valence-electron chi connectivity index (χ0n) is 16.0. The van der Waals surface area contributed by atoms with Crippen LogP contribution < -0.4 is 5.32 Å². The number of hydrogen-bond acceptors (Lipinski definition) is 5. The van der Waals surface area contributed by atoms with Gasteiger partial charge >= 0.3 is 0 Å². The van der Waals surface area contributed by atoms with Crippen LogP contribution in [0.25, 0.3) is 17.1 Å². The fourth-order valence-electron chi connectivity index (χ4n) is 2.81. The summed E-state index contributed by atoms with van der Waals surface area (Å²) in [5, 5.41) is 14.5. The lowest BCUT2D eigenvalue weighted by atomic mass is 10.1. The molecule has 28 heavy (non-hydrogen) atoms. The minimum atomic E-state index is -0.231. The second kappa shape index (κ2) is 8.43. The normalized spacial score (nSPS) is 11.7. The van der Waals surface area contributed by atoms with E-state index in [1.165, 1.54) is 0 Å². The van der Waals surface area contributed by atoms with Crippen molar-refractivity contribution in [3.63, 3.8) is 0 Å². The van der Waals surface area contributed by atoms with Crippen molar-refractivity contribution < 1.29 is 9.59 Å². The molecule has 1 unspecified atom stereocenters. The molecule has 1 heterocycles. The molecular formula is C20H22N6O2. The van der Waals surface area contributed by atoms with Gasteiger partial charge in [-0.3, -0.25) is 9.59 Å². The number of carbonyl (C=O) groups is 2. The van der Waals surface area contributed by atoms with E-state index in [9.17, 15) is 9.59 Å². The third kappa shape index (κ3) is 4.06. The Morgan fingerprint density at radius 1 is 1.14 bits per heavy atom. The number of carbonyl (C=O) groups excluding carboxylic acids is 2. The van der Waals surface area contributed by atoms with E-state index in [-0.39, 0.29) is 24.3 Å². The zero-order valence-corrected chi connectivity index (χ0v) is 16.0. The fourth-order valence-corrected chi connectivity index (χ4v) is 2.81. The van der Waals surface area contributed by atoms with Crippen molar-refractivity contribution in [1.29, 1.82) is 0 Å². The molecule has 0 spiro atoms. The minimum absolute atomic E-state index is 0.108. The second-order valence-corrected chi connectivity index (χ2v) is 6.47. The predicted molar refractivity (Wildman–Crippen MR) is 105 cm³/mol. The summed E-state index contributed by atoms with van der Waals surface area (Å²) in [5.41, 5.74) is 2.06. The van der Waals surface area contributed by atoms with Crippen molar-refractivity contribution in [2.75, 3.05) is 14.1 Å². The minimum Gasteiger partial charge on any atom is -0.359 e. The molecule has 0 fully saturated rings. The number of para-hydroxylation sites is 1. The Morgan fingerprint density at radius 2 is 1.89 bits per heavy atom. The van der Waals surface area contributed by atoms with E-state index in [4.69, 9.17) is 0 Å². The SMILES string of the molecule is CNC(=O)CC(C)N(C)C(=O)c1cccc(-c2nnnn2-c2ccccc2)c1. The molecule has 0 aliphatic carbocycles. The number of rotatable bonds is 6. The quantitative estimate of drug-likeness (QED) is 0.707.